The van der Waals surface area contributed by atoms with Crippen molar-refractivity contribution in [3.05, 3.63) is 34.9 Å². The number of hydrogen-bond donors (Lipinski definition) is 1. The van der Waals surface area contributed by atoms with Gasteiger partial charge in [0.2, 0.25) is 0 Å². The molecule has 19 heavy (non-hydrogen) atoms. The number of nitrogens with two attached hydrogens (primary N) is 1. The van der Waals surface area contributed by atoms with E-state index in [4.69, 9.17) is 5.73 Å². The molecule has 0 heterocycles. The van der Waals surface area contributed by atoms with Crippen LogP contribution in [0, 0.1) is 19.8 Å². The maximum atomic E-state index is 6.36. The molecule has 1 atom stereocenters. The molecule has 0 bridgehead atoms. The smallest absolute Gasteiger partial charge is 0.0307 e. The molecule has 0 spiro atoms. The first-order valence-electron chi connectivity index (χ1n) is 7.64. The molecule has 0 aliphatic heterocycles. The van der Waals surface area contributed by atoms with Gasteiger partial charge in [0, 0.05) is 12.6 Å². The van der Waals surface area contributed by atoms with E-state index in [1.807, 2.05) is 0 Å². The van der Waals surface area contributed by atoms with E-state index in [0.29, 0.717) is 0 Å². The van der Waals surface area contributed by atoms with E-state index >= 15 is 0 Å². The third-order valence-electron chi connectivity index (χ3n) is 4.09. The van der Waals surface area contributed by atoms with Crippen LogP contribution in [0.25, 0.3) is 0 Å². The minimum atomic E-state index is 0.173. The number of hydrogen-bond acceptors (Lipinski definition) is 2. The Bertz CT molecular complexity index is 389. The highest BCUT2D eigenvalue weighted by molar-refractivity contribution is 5.30. The Morgan fingerprint density at radius 2 is 1.84 bits per heavy atom. The molecule has 2 rings (SSSR count). The van der Waals surface area contributed by atoms with Gasteiger partial charge in [-0.05, 0) is 57.7 Å². The van der Waals surface area contributed by atoms with Crippen molar-refractivity contribution in [3.63, 3.8) is 0 Å². The van der Waals surface area contributed by atoms with E-state index in [9.17, 15) is 0 Å². The maximum absolute atomic E-state index is 6.36. The number of nitrogens with zero attached hydrogens (tertiary/aromatic N) is 1. The Morgan fingerprint density at radius 1 is 1.21 bits per heavy atom. The average Bonchev–Trinajstić information content (AvgIpc) is 3.16. The third-order valence-corrected chi connectivity index (χ3v) is 4.09. The average molecular weight is 260 g/mol. The molecular weight excluding hydrogens is 232 g/mol. The minimum Gasteiger partial charge on any atom is -0.324 e. The van der Waals surface area contributed by atoms with Gasteiger partial charge in [-0.25, -0.2) is 0 Å². The Labute approximate surface area is 118 Å². The van der Waals surface area contributed by atoms with Gasteiger partial charge in [-0.2, -0.15) is 0 Å². The van der Waals surface area contributed by atoms with E-state index in [1.165, 1.54) is 36.1 Å². The van der Waals surface area contributed by atoms with Crippen molar-refractivity contribution in [1.82, 2.24) is 4.90 Å². The van der Waals surface area contributed by atoms with Crippen LogP contribution in [-0.2, 0) is 0 Å². The molecule has 0 amide bonds. The quantitative estimate of drug-likeness (QED) is 0.814. The lowest BCUT2D eigenvalue weighted by atomic mass is 9.99. The van der Waals surface area contributed by atoms with Gasteiger partial charge in [-0.15, -0.1) is 0 Å². The van der Waals surface area contributed by atoms with E-state index < -0.39 is 0 Å². The number of rotatable bonds is 7. The second-order valence-electron chi connectivity index (χ2n) is 6.15. The number of benzene rings is 1. The van der Waals surface area contributed by atoms with Crippen LogP contribution >= 0.6 is 0 Å². The summed E-state index contributed by atoms with van der Waals surface area (Å²) < 4.78 is 0. The number of aryl methyl sites for hydroxylation is 2. The summed E-state index contributed by atoms with van der Waals surface area (Å²) in [6.07, 6.45) is 3.92. The minimum absolute atomic E-state index is 0.173. The lowest BCUT2D eigenvalue weighted by Crippen LogP contribution is -2.29. The Hall–Kier alpha value is -0.860. The summed E-state index contributed by atoms with van der Waals surface area (Å²) in [6, 6.07) is 6.84. The molecule has 0 saturated heterocycles. The highest BCUT2D eigenvalue weighted by Gasteiger charge is 2.23. The molecule has 1 aliphatic carbocycles. The van der Waals surface area contributed by atoms with E-state index in [2.05, 4.69) is 43.9 Å². The first-order valence-corrected chi connectivity index (χ1v) is 7.64. The van der Waals surface area contributed by atoms with Gasteiger partial charge in [0.1, 0.15) is 0 Å². The van der Waals surface area contributed by atoms with Crippen molar-refractivity contribution in [2.45, 2.75) is 46.1 Å². The van der Waals surface area contributed by atoms with E-state index in [0.717, 1.165) is 25.4 Å². The fourth-order valence-corrected chi connectivity index (χ4v) is 2.76. The highest BCUT2D eigenvalue weighted by Crippen LogP contribution is 2.30. The van der Waals surface area contributed by atoms with Crippen LogP contribution in [0.15, 0.2) is 18.2 Å². The van der Waals surface area contributed by atoms with Gasteiger partial charge in [0.05, 0.1) is 0 Å². The van der Waals surface area contributed by atoms with E-state index in [-0.39, 0.29) is 6.04 Å². The van der Waals surface area contributed by atoms with Gasteiger partial charge in [0.15, 0.2) is 0 Å². The second kappa shape index (κ2) is 6.53. The topological polar surface area (TPSA) is 29.3 Å². The first kappa shape index (κ1) is 14.5. The Balaban J connectivity index is 1.86. The molecule has 1 saturated carbocycles. The molecule has 2 N–H and O–H groups in total. The molecule has 1 unspecified atom stereocenters. The van der Waals surface area contributed by atoms with Crippen LogP contribution in [0.4, 0.5) is 0 Å². The first-order chi connectivity index (χ1) is 9.08. The molecule has 2 nitrogen and oxygen atoms in total. The summed E-state index contributed by atoms with van der Waals surface area (Å²) in [5.74, 6) is 0.970. The van der Waals surface area contributed by atoms with Gasteiger partial charge in [0.25, 0.3) is 0 Å². The summed E-state index contributed by atoms with van der Waals surface area (Å²) in [4.78, 5) is 2.56. The molecule has 0 radical (unpaired) electrons. The summed E-state index contributed by atoms with van der Waals surface area (Å²) >= 11 is 0. The fraction of sp³-hybridized carbons (Fsp3) is 0.647. The zero-order valence-corrected chi connectivity index (χ0v) is 12.7. The highest BCUT2D eigenvalue weighted by atomic mass is 15.1. The van der Waals surface area contributed by atoms with Crippen LogP contribution in [-0.4, -0.2) is 24.5 Å². The molecular formula is C17H28N2. The summed E-state index contributed by atoms with van der Waals surface area (Å²) in [6.45, 7) is 10.1. The molecule has 1 aliphatic rings. The van der Waals surface area contributed by atoms with Crippen molar-refractivity contribution in [2.75, 3.05) is 19.6 Å². The van der Waals surface area contributed by atoms with Crippen molar-refractivity contribution < 1.29 is 0 Å². The van der Waals surface area contributed by atoms with Crippen LogP contribution in [0.2, 0.25) is 0 Å². The van der Waals surface area contributed by atoms with E-state index in [1.54, 1.807) is 0 Å². The zero-order chi connectivity index (χ0) is 13.8. The van der Waals surface area contributed by atoms with Crippen molar-refractivity contribution >= 4 is 0 Å². The molecule has 1 fully saturated rings. The summed E-state index contributed by atoms with van der Waals surface area (Å²) in [7, 11) is 0. The summed E-state index contributed by atoms with van der Waals surface area (Å²) in [5.41, 5.74) is 10.3. The van der Waals surface area contributed by atoms with Crippen molar-refractivity contribution in [2.24, 2.45) is 11.7 Å². The third kappa shape index (κ3) is 4.63. The lowest BCUT2D eigenvalue weighted by Gasteiger charge is -2.22. The molecule has 1 aromatic rings. The van der Waals surface area contributed by atoms with Gasteiger partial charge < -0.3 is 10.6 Å². The lowest BCUT2D eigenvalue weighted by molar-refractivity contribution is 0.266. The second-order valence-corrected chi connectivity index (χ2v) is 6.15. The van der Waals surface area contributed by atoms with Crippen molar-refractivity contribution in [3.8, 4) is 0 Å². The largest absolute Gasteiger partial charge is 0.324 e. The van der Waals surface area contributed by atoms with Gasteiger partial charge in [-0.1, -0.05) is 36.2 Å². The molecule has 106 valence electrons. The Morgan fingerprint density at radius 3 is 2.37 bits per heavy atom. The van der Waals surface area contributed by atoms with Gasteiger partial charge in [-0.3, -0.25) is 0 Å². The monoisotopic (exact) mass is 260 g/mol. The van der Waals surface area contributed by atoms with Crippen LogP contribution in [0.1, 0.15) is 48.9 Å². The molecule has 1 aromatic carbocycles. The molecule has 0 aromatic heterocycles. The van der Waals surface area contributed by atoms with Crippen LogP contribution < -0.4 is 5.73 Å². The summed E-state index contributed by atoms with van der Waals surface area (Å²) in [5, 5.41) is 0. The van der Waals surface area contributed by atoms with Crippen molar-refractivity contribution in [1.29, 1.82) is 0 Å². The zero-order valence-electron chi connectivity index (χ0n) is 12.7. The van der Waals surface area contributed by atoms with Crippen LogP contribution in [0.3, 0.4) is 0 Å². The Kier molecular flexibility index (Phi) is 5.00. The molecule has 2 heteroatoms. The fourth-order valence-electron chi connectivity index (χ4n) is 2.76. The normalized spacial score (nSPS) is 16.9. The standard InChI is InChI=1S/C17H28N2/c1-4-19(12-15-5-6-15)8-7-17(18)16-10-13(2)9-14(3)11-16/h9-11,15,17H,4-8,12,18H2,1-3H3. The SMILES string of the molecule is CCN(CCC(N)c1cc(C)cc(C)c1)CC1CC1. The predicted octanol–water partition coefficient (Wildman–Crippen LogP) is 3.43. The van der Waals surface area contributed by atoms with Gasteiger partial charge >= 0.3 is 0 Å². The maximum Gasteiger partial charge on any atom is 0.0307 e. The predicted molar refractivity (Wildman–Crippen MR) is 82.3 cm³/mol. The van der Waals surface area contributed by atoms with Crippen LogP contribution in [0.5, 0.6) is 0 Å².